The van der Waals surface area contributed by atoms with Crippen LogP contribution in [0.5, 0.6) is 5.75 Å². The highest BCUT2D eigenvalue weighted by Gasteiger charge is 2.47. The molecule has 1 aliphatic heterocycles. The number of benzene rings is 1. The summed E-state index contributed by atoms with van der Waals surface area (Å²) >= 11 is 0. The summed E-state index contributed by atoms with van der Waals surface area (Å²) in [6.07, 6.45) is 1.07. The van der Waals surface area contributed by atoms with Crippen LogP contribution in [-0.4, -0.2) is 37.5 Å². The fourth-order valence-corrected chi connectivity index (χ4v) is 4.54. The van der Waals surface area contributed by atoms with Crippen molar-refractivity contribution in [2.24, 2.45) is 11.8 Å². The van der Waals surface area contributed by atoms with E-state index in [2.05, 4.69) is 5.32 Å². The third kappa shape index (κ3) is 4.97. The van der Waals surface area contributed by atoms with Crippen LogP contribution in [-0.2, 0) is 23.9 Å². The lowest BCUT2D eigenvalue weighted by molar-refractivity contribution is -0.151. The number of carbonyl (C=O) groups excluding carboxylic acids is 3. The molecule has 7 nitrogen and oxygen atoms in total. The zero-order valence-corrected chi connectivity index (χ0v) is 20.2. The minimum absolute atomic E-state index is 0.223. The number of carbonyl (C=O) groups is 3. The molecule has 7 heteroatoms. The number of dihydropyridines is 1. The van der Waals surface area contributed by atoms with Gasteiger partial charge < -0.3 is 19.5 Å². The molecule has 33 heavy (non-hydrogen) atoms. The zero-order chi connectivity index (χ0) is 24.3. The summed E-state index contributed by atoms with van der Waals surface area (Å²) in [5.74, 6) is -2.43. The van der Waals surface area contributed by atoms with Gasteiger partial charge in [0.15, 0.2) is 5.78 Å². The molecule has 2 aliphatic rings. The number of hydrogen-bond acceptors (Lipinski definition) is 7. The van der Waals surface area contributed by atoms with Crippen LogP contribution >= 0.6 is 0 Å². The highest BCUT2D eigenvalue weighted by molar-refractivity contribution is 6.12. The Bertz CT molecular complexity index is 989. The molecule has 0 saturated heterocycles. The first-order chi connectivity index (χ1) is 15.7. The summed E-state index contributed by atoms with van der Waals surface area (Å²) in [4.78, 5) is 39.3. The average molecular weight is 456 g/mol. The Balaban J connectivity index is 2.12. The monoisotopic (exact) mass is 455 g/mol. The molecule has 0 spiro atoms. The number of allylic oxidation sites excluding steroid dienone is 3. The van der Waals surface area contributed by atoms with Crippen LogP contribution < -0.4 is 10.1 Å². The minimum Gasteiger partial charge on any atom is -0.494 e. The van der Waals surface area contributed by atoms with Gasteiger partial charge in [-0.1, -0.05) is 26.0 Å². The van der Waals surface area contributed by atoms with Crippen molar-refractivity contribution >= 4 is 17.7 Å². The van der Waals surface area contributed by atoms with Gasteiger partial charge in [-0.05, 0) is 57.2 Å². The molecular formula is C26H33NO6. The van der Waals surface area contributed by atoms with Gasteiger partial charge in [-0.15, -0.1) is 0 Å². The molecule has 0 saturated carbocycles. The number of ketones is 1. The van der Waals surface area contributed by atoms with E-state index < -0.39 is 23.8 Å². The molecule has 1 heterocycles. The van der Waals surface area contributed by atoms with Gasteiger partial charge in [0.1, 0.15) is 11.7 Å². The molecule has 178 valence electrons. The van der Waals surface area contributed by atoms with Gasteiger partial charge in [0.05, 0.1) is 25.4 Å². The van der Waals surface area contributed by atoms with E-state index >= 15 is 0 Å². The molecule has 0 radical (unpaired) electrons. The molecule has 0 fully saturated rings. The van der Waals surface area contributed by atoms with E-state index in [4.69, 9.17) is 14.2 Å². The van der Waals surface area contributed by atoms with Crippen LogP contribution in [0.3, 0.4) is 0 Å². The van der Waals surface area contributed by atoms with Gasteiger partial charge in [0.25, 0.3) is 0 Å². The van der Waals surface area contributed by atoms with Crippen LogP contribution in [0.4, 0.5) is 0 Å². The number of esters is 2. The summed E-state index contributed by atoms with van der Waals surface area (Å²) in [6.45, 7) is 9.87. The van der Waals surface area contributed by atoms with Gasteiger partial charge >= 0.3 is 11.9 Å². The lowest BCUT2D eigenvalue weighted by atomic mass is 9.69. The number of methoxy groups -OCH3 is 1. The maximum Gasteiger partial charge on any atom is 0.337 e. The van der Waals surface area contributed by atoms with E-state index in [-0.39, 0.29) is 17.8 Å². The molecule has 3 rings (SSSR count). The average Bonchev–Trinajstić information content (AvgIpc) is 2.76. The van der Waals surface area contributed by atoms with Gasteiger partial charge in [0.2, 0.25) is 0 Å². The molecule has 3 atom stereocenters. The van der Waals surface area contributed by atoms with Gasteiger partial charge in [-0.3, -0.25) is 9.59 Å². The topological polar surface area (TPSA) is 90.9 Å². The number of ether oxygens (including phenoxy) is 3. The number of hydrogen-bond donors (Lipinski definition) is 1. The van der Waals surface area contributed by atoms with E-state index in [1.807, 2.05) is 45.0 Å². The first kappa shape index (κ1) is 24.6. The molecule has 0 aromatic heterocycles. The van der Waals surface area contributed by atoms with Gasteiger partial charge in [-0.25, -0.2) is 4.79 Å². The van der Waals surface area contributed by atoms with E-state index in [9.17, 15) is 14.4 Å². The molecule has 1 aromatic rings. The van der Waals surface area contributed by atoms with E-state index in [1.54, 1.807) is 13.8 Å². The quantitative estimate of drug-likeness (QED) is 0.490. The first-order valence-corrected chi connectivity index (χ1v) is 11.5. The second-order valence-corrected chi connectivity index (χ2v) is 8.91. The van der Waals surface area contributed by atoms with Crippen LogP contribution in [0.25, 0.3) is 0 Å². The highest BCUT2D eigenvalue weighted by Crippen LogP contribution is 2.45. The zero-order valence-electron chi connectivity index (χ0n) is 20.2. The van der Waals surface area contributed by atoms with Crippen LogP contribution in [0.15, 0.2) is 46.8 Å². The Kier molecular flexibility index (Phi) is 7.61. The van der Waals surface area contributed by atoms with Crippen molar-refractivity contribution in [2.45, 2.75) is 59.5 Å². The van der Waals surface area contributed by atoms with Crippen molar-refractivity contribution in [2.75, 3.05) is 13.7 Å². The summed E-state index contributed by atoms with van der Waals surface area (Å²) in [7, 11) is 1.29. The summed E-state index contributed by atoms with van der Waals surface area (Å²) in [5, 5.41) is 3.26. The Morgan fingerprint density at radius 3 is 2.42 bits per heavy atom. The molecular weight excluding hydrogens is 422 g/mol. The standard InChI is InChI=1S/C26H33NO6/c1-7-12-32-18-10-8-17(9-11-18)22-21(26(30)33-14(2)3)16(5)27-19-13-15(4)20(25(29)31-6)24(28)23(19)22/h8-11,14-15,20,22,27H,7,12-13H2,1-6H3/t15-,20+,22+/m0/s1. The number of rotatable bonds is 7. The molecule has 1 aromatic carbocycles. The summed E-state index contributed by atoms with van der Waals surface area (Å²) < 4.78 is 16.2. The van der Waals surface area contributed by atoms with Crippen molar-refractivity contribution in [3.8, 4) is 5.75 Å². The summed E-state index contributed by atoms with van der Waals surface area (Å²) in [5.41, 5.74) is 2.94. The Labute approximate surface area is 195 Å². The SMILES string of the molecule is CCCOc1ccc([C@@H]2C(C(=O)OC(C)C)=C(C)NC3=C2C(=O)[C@H](C(=O)OC)[C@@H](C)C3)cc1. The third-order valence-electron chi connectivity index (χ3n) is 5.99. The lowest BCUT2D eigenvalue weighted by Gasteiger charge is -2.38. The molecule has 0 bridgehead atoms. The maximum atomic E-state index is 13.7. The number of nitrogens with one attached hydrogen (secondary N) is 1. The smallest absolute Gasteiger partial charge is 0.337 e. The highest BCUT2D eigenvalue weighted by atomic mass is 16.5. The van der Waals surface area contributed by atoms with Gasteiger partial charge in [-0.2, -0.15) is 0 Å². The summed E-state index contributed by atoms with van der Waals surface area (Å²) in [6, 6.07) is 7.39. The minimum atomic E-state index is -0.911. The molecule has 1 aliphatic carbocycles. The first-order valence-electron chi connectivity index (χ1n) is 11.5. The van der Waals surface area contributed by atoms with Crippen molar-refractivity contribution in [3.63, 3.8) is 0 Å². The van der Waals surface area contributed by atoms with Crippen LogP contribution in [0, 0.1) is 11.8 Å². The largest absolute Gasteiger partial charge is 0.494 e. The molecule has 0 amide bonds. The van der Waals surface area contributed by atoms with Crippen molar-refractivity contribution < 1.29 is 28.6 Å². The van der Waals surface area contributed by atoms with Crippen LogP contribution in [0.2, 0.25) is 0 Å². The van der Waals surface area contributed by atoms with E-state index in [0.717, 1.165) is 17.7 Å². The molecule has 0 unspecified atom stereocenters. The van der Waals surface area contributed by atoms with Crippen LogP contribution in [0.1, 0.15) is 58.9 Å². The van der Waals surface area contributed by atoms with E-state index in [1.165, 1.54) is 7.11 Å². The lowest BCUT2D eigenvalue weighted by Crippen LogP contribution is -2.43. The predicted molar refractivity (Wildman–Crippen MR) is 123 cm³/mol. The number of Topliss-reactive ketones (excluding diaryl/α,β-unsaturated/α-hetero) is 1. The maximum absolute atomic E-state index is 13.7. The van der Waals surface area contributed by atoms with E-state index in [0.29, 0.717) is 35.6 Å². The van der Waals surface area contributed by atoms with Crippen molar-refractivity contribution in [3.05, 3.63) is 52.4 Å². The Morgan fingerprint density at radius 1 is 1.18 bits per heavy atom. The molecule has 1 N–H and O–H groups in total. The third-order valence-corrected chi connectivity index (χ3v) is 5.99. The fourth-order valence-electron chi connectivity index (χ4n) is 4.54. The van der Waals surface area contributed by atoms with Crippen molar-refractivity contribution in [1.82, 2.24) is 5.32 Å². The van der Waals surface area contributed by atoms with Crippen molar-refractivity contribution in [1.29, 1.82) is 0 Å². The normalized spacial score (nSPS) is 22.6. The second-order valence-electron chi connectivity index (χ2n) is 8.91. The predicted octanol–water partition coefficient (Wildman–Crippen LogP) is 4.04. The Morgan fingerprint density at radius 2 is 1.85 bits per heavy atom. The fraction of sp³-hybridized carbons (Fsp3) is 0.500. The second kappa shape index (κ2) is 10.2. The van der Waals surface area contributed by atoms with Gasteiger partial charge in [0, 0.05) is 22.9 Å². The Hall–Kier alpha value is -3.09.